The molecule has 1 amide bonds. The molecule has 0 aliphatic heterocycles. The number of nitrogens with zero attached hydrogens (tertiary/aromatic N) is 1. The number of hydrogen-bond donors (Lipinski definition) is 2. The van der Waals surface area contributed by atoms with Crippen LogP contribution in [0.3, 0.4) is 0 Å². The van der Waals surface area contributed by atoms with Crippen LogP contribution in [-0.4, -0.2) is 33.7 Å². The van der Waals surface area contributed by atoms with Crippen LogP contribution in [-0.2, 0) is 4.79 Å². The molecule has 3 aliphatic carbocycles. The molecule has 0 spiro atoms. The summed E-state index contributed by atoms with van der Waals surface area (Å²) >= 11 is 1.16. The fourth-order valence-electron chi connectivity index (χ4n) is 6.76. The van der Waals surface area contributed by atoms with Crippen LogP contribution in [0.2, 0.25) is 0 Å². The van der Waals surface area contributed by atoms with Crippen LogP contribution in [0.4, 0.5) is 5.69 Å². The Balaban J connectivity index is 1.62. The Labute approximate surface area is 239 Å². The van der Waals surface area contributed by atoms with E-state index in [1.54, 1.807) is 0 Å². The molecule has 0 aromatic carbocycles. The normalized spacial score (nSPS) is 27.9. The summed E-state index contributed by atoms with van der Waals surface area (Å²) in [7, 11) is 0. The maximum absolute atomic E-state index is 14.3. The van der Waals surface area contributed by atoms with E-state index in [1.165, 1.54) is 31.3 Å². The highest BCUT2D eigenvalue weighted by atomic mass is 32.1. The first kappa shape index (κ1) is 29.9. The van der Waals surface area contributed by atoms with Crippen molar-refractivity contribution in [1.29, 1.82) is 0 Å². The number of hydrogen-bond acceptors (Lipinski definition) is 4. The molecule has 5 nitrogen and oxygen atoms in total. The first-order valence-electron chi connectivity index (χ1n) is 15.0. The largest absolute Gasteiger partial charge is 0.477 e. The minimum atomic E-state index is -1.02. The van der Waals surface area contributed by atoms with Gasteiger partial charge in [-0.1, -0.05) is 56.1 Å². The number of aliphatic hydroxyl groups is 1. The quantitative estimate of drug-likeness (QED) is 0.267. The van der Waals surface area contributed by atoms with Crippen molar-refractivity contribution in [1.82, 2.24) is 0 Å². The van der Waals surface area contributed by atoms with Crippen molar-refractivity contribution >= 4 is 28.9 Å². The molecular formula is C33H47NO4S. The number of carbonyl (C=O) groups excluding carboxylic acids is 1. The lowest BCUT2D eigenvalue weighted by Gasteiger charge is -2.43. The molecule has 1 aromatic rings. The van der Waals surface area contributed by atoms with E-state index in [4.69, 9.17) is 0 Å². The van der Waals surface area contributed by atoms with Gasteiger partial charge in [0.1, 0.15) is 4.88 Å². The number of amides is 1. The van der Waals surface area contributed by atoms with Crippen LogP contribution < -0.4 is 4.90 Å². The highest BCUT2D eigenvalue weighted by molar-refractivity contribution is 7.15. The molecule has 4 rings (SSSR count). The molecule has 2 fully saturated rings. The van der Waals surface area contributed by atoms with E-state index in [2.05, 4.69) is 31.8 Å². The smallest absolute Gasteiger partial charge is 0.348 e. The molecule has 6 heteroatoms. The summed E-state index contributed by atoms with van der Waals surface area (Å²) in [6.45, 7) is 10.3. The molecule has 1 heterocycles. The second kappa shape index (κ2) is 12.2. The molecular weight excluding hydrogens is 506 g/mol. The zero-order valence-electron chi connectivity index (χ0n) is 24.5. The van der Waals surface area contributed by atoms with E-state index >= 15 is 0 Å². The number of anilines is 1. The Morgan fingerprint density at radius 1 is 1.15 bits per heavy atom. The SMILES string of the molecule is CC1=CCC(C(=O)N(c2cc(C#CC(C)(C)C)sc2C(=O)O)[C@H]2CC[C@](O)(CCC3CCCC3)CC2)[C@@H](C)C1. The van der Waals surface area contributed by atoms with Gasteiger partial charge in [0, 0.05) is 17.4 Å². The summed E-state index contributed by atoms with van der Waals surface area (Å²) in [6.07, 6.45) is 13.5. The van der Waals surface area contributed by atoms with Crippen LogP contribution >= 0.6 is 11.3 Å². The summed E-state index contributed by atoms with van der Waals surface area (Å²) in [5.41, 5.74) is 0.899. The Morgan fingerprint density at radius 3 is 2.41 bits per heavy atom. The zero-order valence-corrected chi connectivity index (χ0v) is 25.3. The minimum absolute atomic E-state index is 0.0169. The number of aromatic carboxylic acids is 1. The molecule has 1 aromatic heterocycles. The van der Waals surface area contributed by atoms with Crippen LogP contribution in [0.5, 0.6) is 0 Å². The van der Waals surface area contributed by atoms with Gasteiger partial charge in [0.05, 0.1) is 16.2 Å². The highest BCUT2D eigenvalue weighted by Gasteiger charge is 2.41. The van der Waals surface area contributed by atoms with Crippen molar-refractivity contribution in [2.24, 2.45) is 23.2 Å². The lowest BCUT2D eigenvalue weighted by Crippen LogP contribution is -2.50. The monoisotopic (exact) mass is 553 g/mol. The van der Waals surface area contributed by atoms with E-state index in [0.717, 1.165) is 36.5 Å². The fraction of sp³-hybridized carbons (Fsp3) is 0.697. The summed E-state index contributed by atoms with van der Waals surface area (Å²) in [6, 6.07) is 1.69. The fourth-order valence-corrected chi connectivity index (χ4v) is 7.60. The van der Waals surface area contributed by atoms with E-state index in [1.807, 2.05) is 31.7 Å². The van der Waals surface area contributed by atoms with E-state index in [9.17, 15) is 19.8 Å². The van der Waals surface area contributed by atoms with Crippen LogP contribution in [0.15, 0.2) is 17.7 Å². The molecule has 214 valence electrons. The molecule has 2 saturated carbocycles. The van der Waals surface area contributed by atoms with Gasteiger partial charge < -0.3 is 15.1 Å². The van der Waals surface area contributed by atoms with Gasteiger partial charge in [0.15, 0.2) is 0 Å². The maximum Gasteiger partial charge on any atom is 0.348 e. The van der Waals surface area contributed by atoms with Gasteiger partial charge in [0.2, 0.25) is 5.91 Å². The van der Waals surface area contributed by atoms with Crippen molar-refractivity contribution < 1.29 is 19.8 Å². The van der Waals surface area contributed by atoms with Crippen molar-refractivity contribution in [3.05, 3.63) is 27.5 Å². The van der Waals surface area contributed by atoms with E-state index in [-0.39, 0.29) is 34.1 Å². The topological polar surface area (TPSA) is 77.8 Å². The number of carboxylic acid groups (broad SMARTS) is 1. The van der Waals surface area contributed by atoms with Gasteiger partial charge in [-0.3, -0.25) is 4.79 Å². The van der Waals surface area contributed by atoms with Gasteiger partial charge in [-0.05, 0) is 97.0 Å². The molecule has 39 heavy (non-hydrogen) atoms. The zero-order chi connectivity index (χ0) is 28.4. The summed E-state index contributed by atoms with van der Waals surface area (Å²) in [4.78, 5) is 29.4. The molecule has 3 aliphatic rings. The van der Waals surface area contributed by atoms with Gasteiger partial charge in [-0.15, -0.1) is 11.3 Å². The third kappa shape index (κ3) is 7.55. The Bertz CT molecular complexity index is 1130. The molecule has 0 saturated heterocycles. The van der Waals surface area contributed by atoms with Gasteiger partial charge in [-0.25, -0.2) is 4.79 Å². The second-order valence-corrected chi connectivity index (χ2v) is 14.6. The van der Waals surface area contributed by atoms with E-state index in [0.29, 0.717) is 42.7 Å². The molecule has 2 N–H and O–H groups in total. The number of allylic oxidation sites excluding steroid dienone is 2. The van der Waals surface area contributed by atoms with Crippen molar-refractivity contribution in [2.45, 2.75) is 123 Å². The van der Waals surface area contributed by atoms with Crippen LogP contribution in [0.25, 0.3) is 0 Å². The van der Waals surface area contributed by atoms with Crippen LogP contribution in [0.1, 0.15) is 126 Å². The average molecular weight is 554 g/mol. The molecule has 0 bridgehead atoms. The molecule has 1 unspecified atom stereocenters. The lowest BCUT2D eigenvalue weighted by molar-refractivity contribution is -0.125. The van der Waals surface area contributed by atoms with Gasteiger partial charge in [-0.2, -0.15) is 0 Å². The molecule has 2 atom stereocenters. The van der Waals surface area contributed by atoms with Crippen LogP contribution in [0, 0.1) is 35.0 Å². The third-order valence-corrected chi connectivity index (χ3v) is 10.1. The Kier molecular flexibility index (Phi) is 9.33. The molecule has 0 radical (unpaired) electrons. The maximum atomic E-state index is 14.3. The summed E-state index contributed by atoms with van der Waals surface area (Å²) in [5, 5.41) is 21.6. The number of thiophene rings is 1. The van der Waals surface area contributed by atoms with Crippen molar-refractivity contribution in [3.8, 4) is 11.8 Å². The highest BCUT2D eigenvalue weighted by Crippen LogP contribution is 2.42. The van der Waals surface area contributed by atoms with Gasteiger partial charge in [0.25, 0.3) is 0 Å². The van der Waals surface area contributed by atoms with Crippen molar-refractivity contribution in [3.63, 3.8) is 0 Å². The standard InChI is InChI=1S/C33H47NO4S/c1-22-10-11-27(23(2)20-22)30(35)34(28-21-26(15-16-32(3,4)5)39-29(28)31(36)37)25-13-18-33(38,19-14-25)17-12-24-8-6-7-9-24/h10,21,23-25,27,38H,6-9,11-14,17-20H2,1-5H3,(H,36,37)/t23-,25-,27?,33+/m0/s1. The lowest BCUT2D eigenvalue weighted by atomic mass is 9.76. The second-order valence-electron chi connectivity index (χ2n) is 13.6. The predicted molar refractivity (Wildman–Crippen MR) is 159 cm³/mol. The number of carboxylic acids is 1. The predicted octanol–water partition coefficient (Wildman–Crippen LogP) is 7.81. The Morgan fingerprint density at radius 2 is 1.82 bits per heavy atom. The number of rotatable bonds is 7. The Hall–Kier alpha value is -2.10. The first-order chi connectivity index (χ1) is 18.3. The number of carbonyl (C=O) groups is 2. The van der Waals surface area contributed by atoms with E-state index < -0.39 is 11.6 Å². The average Bonchev–Trinajstić information content (AvgIpc) is 3.53. The van der Waals surface area contributed by atoms with Crippen molar-refractivity contribution in [2.75, 3.05) is 4.90 Å². The summed E-state index contributed by atoms with van der Waals surface area (Å²) < 4.78 is 0. The first-order valence-corrected chi connectivity index (χ1v) is 15.8. The third-order valence-electron chi connectivity index (χ3n) is 9.08. The minimum Gasteiger partial charge on any atom is -0.477 e. The van der Waals surface area contributed by atoms with Gasteiger partial charge >= 0.3 is 5.97 Å². The summed E-state index contributed by atoms with van der Waals surface area (Å²) in [5.74, 6) is 6.13.